The number of anilines is 1. The number of hydrogen-bond donors (Lipinski definition) is 2. The Labute approximate surface area is 99.5 Å². The molecule has 2 rings (SSSR count). The molecule has 1 aromatic heterocycles. The number of hydrogen-bond acceptors (Lipinski definition) is 3. The largest absolute Gasteiger partial charge is 0.399 e. The summed E-state index contributed by atoms with van der Waals surface area (Å²) >= 11 is 0. The van der Waals surface area contributed by atoms with Gasteiger partial charge in [-0.05, 0) is 12.1 Å². The van der Waals surface area contributed by atoms with E-state index in [1.54, 1.807) is 19.2 Å². The van der Waals surface area contributed by atoms with Crippen molar-refractivity contribution in [1.82, 2.24) is 10.3 Å². The molecular weight excluding hydrogens is 214 g/mol. The summed E-state index contributed by atoms with van der Waals surface area (Å²) in [6.07, 6.45) is 0. The monoisotopic (exact) mass is 227 g/mol. The fourth-order valence-corrected chi connectivity index (χ4v) is 1.55. The third-order valence-corrected chi connectivity index (χ3v) is 2.38. The molecule has 0 aliphatic rings. The van der Waals surface area contributed by atoms with Crippen molar-refractivity contribution in [3.63, 3.8) is 0 Å². The third-order valence-electron chi connectivity index (χ3n) is 2.38. The van der Waals surface area contributed by atoms with Gasteiger partial charge in [-0.3, -0.25) is 4.79 Å². The molecule has 0 atom stereocenters. The fraction of sp³-hybridized carbons (Fsp3) is 0.0769. The lowest BCUT2D eigenvalue weighted by molar-refractivity contribution is 0.0958. The zero-order valence-corrected chi connectivity index (χ0v) is 9.47. The lowest BCUT2D eigenvalue weighted by atomic mass is 10.1. The second-order valence-corrected chi connectivity index (χ2v) is 3.62. The molecule has 2 aromatic rings. The molecule has 0 fully saturated rings. The van der Waals surface area contributed by atoms with Crippen LogP contribution in [0.2, 0.25) is 0 Å². The molecule has 4 heteroatoms. The van der Waals surface area contributed by atoms with Crippen LogP contribution in [0, 0.1) is 0 Å². The van der Waals surface area contributed by atoms with Gasteiger partial charge in [-0.1, -0.05) is 30.3 Å². The van der Waals surface area contributed by atoms with E-state index < -0.39 is 0 Å². The molecule has 86 valence electrons. The van der Waals surface area contributed by atoms with E-state index in [0.29, 0.717) is 17.1 Å². The van der Waals surface area contributed by atoms with E-state index in [0.717, 1.165) is 5.56 Å². The first kappa shape index (κ1) is 11.1. The smallest absolute Gasteiger partial charge is 0.269 e. The second-order valence-electron chi connectivity index (χ2n) is 3.62. The molecule has 4 nitrogen and oxygen atoms in total. The van der Waals surface area contributed by atoms with E-state index in [-0.39, 0.29) is 5.91 Å². The second kappa shape index (κ2) is 4.65. The molecule has 1 heterocycles. The quantitative estimate of drug-likeness (QED) is 0.820. The molecule has 0 aliphatic carbocycles. The molecule has 1 amide bonds. The number of pyridine rings is 1. The normalized spacial score (nSPS) is 9.94. The van der Waals surface area contributed by atoms with Gasteiger partial charge in [-0.25, -0.2) is 4.98 Å². The van der Waals surface area contributed by atoms with E-state index in [1.807, 2.05) is 30.3 Å². The summed E-state index contributed by atoms with van der Waals surface area (Å²) in [6, 6.07) is 12.9. The van der Waals surface area contributed by atoms with Crippen LogP contribution in [0.1, 0.15) is 10.5 Å². The first-order valence-corrected chi connectivity index (χ1v) is 5.26. The SMILES string of the molecule is CNC(=O)c1cc(N)cc(-c2ccccc2)n1. The zero-order chi connectivity index (χ0) is 12.3. The number of carbonyl (C=O) groups excluding carboxylic acids is 1. The lowest BCUT2D eigenvalue weighted by Crippen LogP contribution is -2.19. The highest BCUT2D eigenvalue weighted by atomic mass is 16.1. The predicted molar refractivity (Wildman–Crippen MR) is 67.5 cm³/mol. The Kier molecular flexibility index (Phi) is 3.05. The average Bonchev–Trinajstić information content (AvgIpc) is 2.38. The van der Waals surface area contributed by atoms with Crippen LogP contribution in [0.15, 0.2) is 42.5 Å². The molecule has 3 N–H and O–H groups in total. The molecule has 0 bridgehead atoms. The number of nitrogens with two attached hydrogens (primary N) is 1. The van der Waals surface area contributed by atoms with Crippen LogP contribution < -0.4 is 11.1 Å². The first-order valence-electron chi connectivity index (χ1n) is 5.26. The van der Waals surface area contributed by atoms with Gasteiger partial charge in [0.25, 0.3) is 5.91 Å². The number of rotatable bonds is 2. The maximum Gasteiger partial charge on any atom is 0.269 e. The van der Waals surface area contributed by atoms with Crippen LogP contribution in [-0.4, -0.2) is 17.9 Å². The van der Waals surface area contributed by atoms with E-state index in [9.17, 15) is 4.79 Å². The zero-order valence-electron chi connectivity index (χ0n) is 9.47. The van der Waals surface area contributed by atoms with Crippen molar-refractivity contribution >= 4 is 11.6 Å². The van der Waals surface area contributed by atoms with Gasteiger partial charge >= 0.3 is 0 Å². The number of aromatic nitrogens is 1. The highest BCUT2D eigenvalue weighted by molar-refractivity contribution is 5.93. The van der Waals surface area contributed by atoms with Crippen LogP contribution in [0.5, 0.6) is 0 Å². The van der Waals surface area contributed by atoms with Crippen molar-refractivity contribution in [2.45, 2.75) is 0 Å². The van der Waals surface area contributed by atoms with Gasteiger partial charge in [-0.15, -0.1) is 0 Å². The van der Waals surface area contributed by atoms with Crippen molar-refractivity contribution in [3.8, 4) is 11.3 Å². The Bertz CT molecular complexity index is 538. The standard InChI is InChI=1S/C13H13N3O/c1-15-13(17)12-8-10(14)7-11(16-12)9-5-3-2-4-6-9/h2-8H,1H3,(H2,14,16)(H,15,17). The van der Waals surface area contributed by atoms with Crippen LogP contribution in [-0.2, 0) is 0 Å². The van der Waals surface area contributed by atoms with Crippen molar-refractivity contribution < 1.29 is 4.79 Å². The molecule has 0 radical (unpaired) electrons. The molecule has 0 unspecified atom stereocenters. The number of nitrogen functional groups attached to an aromatic ring is 1. The van der Waals surface area contributed by atoms with E-state index >= 15 is 0 Å². The molecule has 0 aliphatic heterocycles. The van der Waals surface area contributed by atoms with Crippen molar-refractivity contribution in [1.29, 1.82) is 0 Å². The Morgan fingerprint density at radius 3 is 2.59 bits per heavy atom. The number of nitrogens with zero attached hydrogens (tertiary/aromatic N) is 1. The van der Waals surface area contributed by atoms with Crippen molar-refractivity contribution in [2.75, 3.05) is 12.8 Å². The van der Waals surface area contributed by atoms with Crippen LogP contribution in [0.4, 0.5) is 5.69 Å². The molecule has 1 aromatic carbocycles. The first-order chi connectivity index (χ1) is 8.20. The number of carbonyl (C=O) groups is 1. The maximum absolute atomic E-state index is 11.5. The maximum atomic E-state index is 11.5. The van der Waals surface area contributed by atoms with E-state index in [4.69, 9.17) is 5.73 Å². The fourth-order valence-electron chi connectivity index (χ4n) is 1.55. The van der Waals surface area contributed by atoms with Crippen molar-refractivity contribution in [2.24, 2.45) is 0 Å². The Morgan fingerprint density at radius 1 is 1.24 bits per heavy atom. The Balaban J connectivity index is 2.49. The Morgan fingerprint density at radius 2 is 1.94 bits per heavy atom. The minimum Gasteiger partial charge on any atom is -0.399 e. The van der Waals surface area contributed by atoms with Crippen molar-refractivity contribution in [3.05, 3.63) is 48.2 Å². The van der Waals surface area contributed by atoms with Gasteiger partial charge < -0.3 is 11.1 Å². The number of amides is 1. The topological polar surface area (TPSA) is 68.0 Å². The molecular formula is C13H13N3O. The molecule has 0 spiro atoms. The molecule has 0 saturated heterocycles. The van der Waals surface area contributed by atoms with Crippen LogP contribution >= 0.6 is 0 Å². The molecule has 17 heavy (non-hydrogen) atoms. The van der Waals surface area contributed by atoms with Gasteiger partial charge in [0, 0.05) is 18.3 Å². The van der Waals surface area contributed by atoms with Gasteiger partial charge in [0.15, 0.2) is 0 Å². The average molecular weight is 227 g/mol. The predicted octanol–water partition coefficient (Wildman–Crippen LogP) is 1.69. The van der Waals surface area contributed by atoms with Gasteiger partial charge in [0.1, 0.15) is 5.69 Å². The summed E-state index contributed by atoms with van der Waals surface area (Å²) in [4.78, 5) is 15.8. The highest BCUT2D eigenvalue weighted by Crippen LogP contribution is 2.19. The molecule has 0 saturated carbocycles. The summed E-state index contributed by atoms with van der Waals surface area (Å²) in [7, 11) is 1.56. The number of nitrogens with one attached hydrogen (secondary N) is 1. The van der Waals surface area contributed by atoms with Crippen LogP contribution in [0.3, 0.4) is 0 Å². The van der Waals surface area contributed by atoms with E-state index in [1.165, 1.54) is 0 Å². The van der Waals surface area contributed by atoms with Gasteiger partial charge in [-0.2, -0.15) is 0 Å². The minimum atomic E-state index is -0.241. The summed E-state index contributed by atoms with van der Waals surface area (Å²) in [5.74, 6) is -0.241. The lowest BCUT2D eigenvalue weighted by Gasteiger charge is -2.05. The van der Waals surface area contributed by atoms with E-state index in [2.05, 4.69) is 10.3 Å². The third kappa shape index (κ3) is 2.42. The van der Waals surface area contributed by atoms with Crippen LogP contribution in [0.25, 0.3) is 11.3 Å². The summed E-state index contributed by atoms with van der Waals surface area (Å²) in [5.41, 5.74) is 8.25. The van der Waals surface area contributed by atoms with Gasteiger partial charge in [0.2, 0.25) is 0 Å². The Hall–Kier alpha value is -2.36. The minimum absolute atomic E-state index is 0.241. The summed E-state index contributed by atoms with van der Waals surface area (Å²) < 4.78 is 0. The van der Waals surface area contributed by atoms with Gasteiger partial charge in [0.05, 0.1) is 5.69 Å². The summed E-state index contributed by atoms with van der Waals surface area (Å²) in [5, 5.41) is 2.53. The summed E-state index contributed by atoms with van der Waals surface area (Å²) in [6.45, 7) is 0. The number of benzene rings is 1. The highest BCUT2D eigenvalue weighted by Gasteiger charge is 2.08.